The minimum absolute atomic E-state index is 0.0474. The molecule has 0 atom stereocenters. The fourth-order valence-electron chi connectivity index (χ4n) is 2.55. The number of amides is 1. The van der Waals surface area contributed by atoms with Crippen LogP contribution < -0.4 is 5.32 Å². The maximum Gasteiger partial charge on any atom is 0.416 e. The van der Waals surface area contributed by atoms with Crippen LogP contribution in [0.2, 0.25) is 0 Å². The number of ether oxygens (including phenoxy) is 1. The fraction of sp³-hybridized carbons (Fsp3) is 0.211. The van der Waals surface area contributed by atoms with Gasteiger partial charge in [-0.3, -0.25) is 9.36 Å². The Labute approximate surface area is 169 Å². The lowest BCUT2D eigenvalue weighted by Crippen LogP contribution is -2.15. The molecule has 0 fully saturated rings. The number of methoxy groups -OCH3 is 1. The molecule has 152 valence electrons. The first-order chi connectivity index (χ1) is 13.9. The zero-order valence-corrected chi connectivity index (χ0v) is 16.1. The fourth-order valence-corrected chi connectivity index (χ4v) is 3.32. The molecule has 1 aromatic heterocycles. The second-order valence-corrected chi connectivity index (χ2v) is 6.86. The topological polar surface area (TPSA) is 69.0 Å². The SMILES string of the molecule is COCc1nnc(SCC(=O)Nc2cccc(C(F)(F)F)c2)n1-c1ccccc1. The molecule has 0 aliphatic carbocycles. The average Bonchev–Trinajstić information content (AvgIpc) is 3.09. The Morgan fingerprint density at radius 1 is 1.14 bits per heavy atom. The van der Waals surface area contributed by atoms with Gasteiger partial charge < -0.3 is 10.1 Å². The number of aromatic nitrogens is 3. The molecular formula is C19H17F3N4O2S. The molecule has 0 saturated carbocycles. The predicted molar refractivity (Wildman–Crippen MR) is 103 cm³/mol. The first kappa shape index (κ1) is 20.9. The number of nitrogens with one attached hydrogen (secondary N) is 1. The smallest absolute Gasteiger partial charge is 0.377 e. The number of rotatable bonds is 7. The van der Waals surface area contributed by atoms with Crippen LogP contribution in [0.1, 0.15) is 11.4 Å². The van der Waals surface area contributed by atoms with E-state index in [2.05, 4.69) is 15.5 Å². The van der Waals surface area contributed by atoms with Crippen molar-refractivity contribution in [2.45, 2.75) is 17.9 Å². The van der Waals surface area contributed by atoms with Gasteiger partial charge in [-0.1, -0.05) is 36.0 Å². The molecule has 0 saturated heterocycles. The molecule has 1 heterocycles. The van der Waals surface area contributed by atoms with E-state index in [1.165, 1.54) is 12.1 Å². The van der Waals surface area contributed by atoms with E-state index < -0.39 is 17.6 Å². The van der Waals surface area contributed by atoms with Crippen molar-refractivity contribution in [2.24, 2.45) is 0 Å². The van der Waals surface area contributed by atoms with E-state index in [0.717, 1.165) is 29.6 Å². The van der Waals surface area contributed by atoms with Gasteiger partial charge in [-0.2, -0.15) is 13.2 Å². The van der Waals surface area contributed by atoms with Crippen LogP contribution in [0.5, 0.6) is 0 Å². The van der Waals surface area contributed by atoms with E-state index in [-0.39, 0.29) is 18.0 Å². The van der Waals surface area contributed by atoms with E-state index in [0.29, 0.717) is 11.0 Å². The Hall–Kier alpha value is -2.85. The summed E-state index contributed by atoms with van der Waals surface area (Å²) in [6.45, 7) is 0.235. The van der Waals surface area contributed by atoms with Crippen molar-refractivity contribution in [3.05, 3.63) is 66.0 Å². The third-order valence-corrected chi connectivity index (χ3v) is 4.72. The maximum atomic E-state index is 12.8. The highest BCUT2D eigenvalue weighted by molar-refractivity contribution is 7.99. The zero-order chi connectivity index (χ0) is 20.9. The lowest BCUT2D eigenvalue weighted by Gasteiger charge is -2.11. The molecule has 1 N–H and O–H groups in total. The summed E-state index contributed by atoms with van der Waals surface area (Å²) < 4.78 is 45.3. The summed E-state index contributed by atoms with van der Waals surface area (Å²) in [5, 5.41) is 11.1. The van der Waals surface area contributed by atoms with E-state index in [1.54, 1.807) is 11.7 Å². The number of hydrogen-bond acceptors (Lipinski definition) is 5. The Morgan fingerprint density at radius 2 is 1.90 bits per heavy atom. The van der Waals surface area contributed by atoms with Gasteiger partial charge in [0.15, 0.2) is 11.0 Å². The molecule has 3 rings (SSSR count). The summed E-state index contributed by atoms with van der Waals surface area (Å²) in [6.07, 6.45) is -4.47. The van der Waals surface area contributed by atoms with E-state index in [4.69, 9.17) is 4.74 Å². The van der Waals surface area contributed by atoms with Crippen LogP contribution in [0.25, 0.3) is 5.69 Å². The number of alkyl halides is 3. The number of anilines is 1. The lowest BCUT2D eigenvalue weighted by atomic mass is 10.2. The third kappa shape index (κ3) is 5.36. The molecule has 0 spiro atoms. The van der Waals surface area contributed by atoms with Crippen molar-refractivity contribution in [1.29, 1.82) is 0 Å². The number of nitrogens with zero attached hydrogens (tertiary/aromatic N) is 3. The van der Waals surface area contributed by atoms with Gasteiger partial charge in [-0.05, 0) is 30.3 Å². The average molecular weight is 422 g/mol. The summed E-state index contributed by atoms with van der Waals surface area (Å²) >= 11 is 1.13. The van der Waals surface area contributed by atoms with E-state index in [1.807, 2.05) is 30.3 Å². The van der Waals surface area contributed by atoms with Crippen molar-refractivity contribution in [3.8, 4) is 5.69 Å². The Balaban J connectivity index is 1.71. The summed E-state index contributed by atoms with van der Waals surface area (Å²) in [6, 6.07) is 13.8. The number of halogens is 3. The molecule has 3 aromatic rings. The Morgan fingerprint density at radius 3 is 2.59 bits per heavy atom. The first-order valence-corrected chi connectivity index (χ1v) is 9.45. The molecule has 0 bridgehead atoms. The summed E-state index contributed by atoms with van der Waals surface area (Å²) in [7, 11) is 1.54. The van der Waals surface area contributed by atoms with Crippen LogP contribution in [0, 0.1) is 0 Å². The van der Waals surface area contributed by atoms with Gasteiger partial charge in [0, 0.05) is 18.5 Å². The molecule has 0 unspecified atom stereocenters. The van der Waals surface area contributed by atoms with Crippen molar-refractivity contribution in [3.63, 3.8) is 0 Å². The van der Waals surface area contributed by atoms with Crippen LogP contribution in [0.3, 0.4) is 0 Å². The first-order valence-electron chi connectivity index (χ1n) is 8.47. The molecule has 2 aromatic carbocycles. The highest BCUT2D eigenvalue weighted by Gasteiger charge is 2.30. The zero-order valence-electron chi connectivity index (χ0n) is 15.3. The van der Waals surface area contributed by atoms with Gasteiger partial charge in [-0.25, -0.2) is 0 Å². The minimum atomic E-state index is -4.47. The summed E-state index contributed by atoms with van der Waals surface area (Å²) in [5.41, 5.74) is 0.0661. The van der Waals surface area contributed by atoms with E-state index in [9.17, 15) is 18.0 Å². The minimum Gasteiger partial charge on any atom is -0.377 e. The lowest BCUT2D eigenvalue weighted by molar-refractivity contribution is -0.137. The number of para-hydroxylation sites is 1. The van der Waals surface area contributed by atoms with Crippen molar-refractivity contribution >= 4 is 23.4 Å². The van der Waals surface area contributed by atoms with Gasteiger partial charge in [0.2, 0.25) is 5.91 Å². The molecule has 29 heavy (non-hydrogen) atoms. The predicted octanol–water partition coefficient (Wildman–Crippen LogP) is 4.16. The monoisotopic (exact) mass is 422 g/mol. The highest BCUT2D eigenvalue weighted by Crippen LogP contribution is 2.30. The van der Waals surface area contributed by atoms with Gasteiger partial charge in [0.1, 0.15) is 6.61 Å². The number of benzene rings is 2. The van der Waals surface area contributed by atoms with Crippen LogP contribution in [-0.4, -0.2) is 33.5 Å². The quantitative estimate of drug-likeness (QED) is 0.579. The second kappa shape index (κ2) is 9.10. The number of thioether (sulfide) groups is 1. The van der Waals surface area contributed by atoms with Gasteiger partial charge in [0.05, 0.1) is 11.3 Å². The normalized spacial score (nSPS) is 11.4. The molecule has 0 aliphatic rings. The number of carbonyl (C=O) groups excluding carboxylic acids is 1. The highest BCUT2D eigenvalue weighted by atomic mass is 32.2. The van der Waals surface area contributed by atoms with Crippen molar-refractivity contribution in [1.82, 2.24) is 14.8 Å². The largest absolute Gasteiger partial charge is 0.416 e. The van der Waals surface area contributed by atoms with Crippen LogP contribution in [0.4, 0.5) is 18.9 Å². The van der Waals surface area contributed by atoms with Gasteiger partial charge in [-0.15, -0.1) is 10.2 Å². The molecule has 10 heteroatoms. The molecule has 6 nitrogen and oxygen atoms in total. The molecule has 1 amide bonds. The Kier molecular flexibility index (Phi) is 6.55. The number of hydrogen-bond donors (Lipinski definition) is 1. The number of carbonyl (C=O) groups is 1. The summed E-state index contributed by atoms with van der Waals surface area (Å²) in [4.78, 5) is 12.2. The van der Waals surface area contributed by atoms with Gasteiger partial charge in [0.25, 0.3) is 0 Å². The summed E-state index contributed by atoms with van der Waals surface area (Å²) in [5.74, 6) is 0.0681. The van der Waals surface area contributed by atoms with Crippen molar-refractivity contribution < 1.29 is 22.7 Å². The molecule has 0 aliphatic heterocycles. The maximum absolute atomic E-state index is 12.8. The van der Waals surface area contributed by atoms with Crippen LogP contribution in [-0.2, 0) is 22.3 Å². The van der Waals surface area contributed by atoms with E-state index >= 15 is 0 Å². The van der Waals surface area contributed by atoms with Crippen LogP contribution in [0.15, 0.2) is 59.8 Å². The standard InChI is InChI=1S/C19H17F3N4O2S/c1-28-11-16-24-25-18(26(16)15-8-3-2-4-9-15)29-12-17(27)23-14-7-5-6-13(10-14)19(20,21)22/h2-10H,11-12H2,1H3,(H,23,27). The Bertz CT molecular complexity index is 977. The van der Waals surface area contributed by atoms with Crippen LogP contribution >= 0.6 is 11.8 Å². The van der Waals surface area contributed by atoms with Crippen molar-refractivity contribution in [2.75, 3.05) is 18.2 Å². The second-order valence-electron chi connectivity index (χ2n) is 5.92. The molecule has 0 radical (unpaired) electrons. The third-order valence-electron chi connectivity index (χ3n) is 3.79. The van der Waals surface area contributed by atoms with Gasteiger partial charge >= 0.3 is 6.18 Å². The molecular weight excluding hydrogens is 405 g/mol.